The summed E-state index contributed by atoms with van der Waals surface area (Å²) < 4.78 is 3.50. The van der Waals surface area contributed by atoms with E-state index in [2.05, 4.69) is 5.10 Å². The van der Waals surface area contributed by atoms with Crippen molar-refractivity contribution in [1.82, 2.24) is 19.2 Å². The molecule has 0 atom stereocenters. The first kappa shape index (κ1) is 16.8. The molecule has 0 bridgehead atoms. The molecule has 7 heteroatoms. The van der Waals surface area contributed by atoms with E-state index in [-0.39, 0.29) is 24.1 Å². The fraction of sp³-hybridized carbons (Fsp3) is 0.421. The van der Waals surface area contributed by atoms with Gasteiger partial charge in [-0.2, -0.15) is 5.10 Å². The summed E-state index contributed by atoms with van der Waals surface area (Å²) in [5, 5.41) is 16.4. The van der Waals surface area contributed by atoms with E-state index >= 15 is 0 Å². The van der Waals surface area contributed by atoms with Crippen LogP contribution in [0.25, 0.3) is 21.8 Å². The van der Waals surface area contributed by atoms with Gasteiger partial charge in [0.1, 0.15) is 5.65 Å². The number of nitrogens with zero attached hydrogens (tertiary/aromatic N) is 4. The van der Waals surface area contributed by atoms with Gasteiger partial charge in [-0.05, 0) is 25.0 Å². The molecule has 136 valence electrons. The molecule has 26 heavy (non-hydrogen) atoms. The van der Waals surface area contributed by atoms with Crippen molar-refractivity contribution >= 4 is 27.7 Å². The summed E-state index contributed by atoms with van der Waals surface area (Å²) in [7, 11) is 1.76. The van der Waals surface area contributed by atoms with Crippen molar-refractivity contribution in [2.24, 2.45) is 7.05 Å². The van der Waals surface area contributed by atoms with Gasteiger partial charge in [-0.1, -0.05) is 11.6 Å². The maximum absolute atomic E-state index is 13.0. The molecular weight excluding hydrogens is 332 g/mol. The zero-order valence-corrected chi connectivity index (χ0v) is 15.2. The summed E-state index contributed by atoms with van der Waals surface area (Å²) in [5.74, 6) is 0.0535. The molecule has 1 N–H and O–H groups in total. The number of hydrogen-bond acceptors (Lipinski definition) is 4. The van der Waals surface area contributed by atoms with E-state index in [0.717, 1.165) is 27.5 Å². The van der Waals surface area contributed by atoms with E-state index in [0.29, 0.717) is 24.9 Å². The Hall–Kier alpha value is -2.67. The number of carbonyl (C=O) groups is 1. The molecule has 0 unspecified atom stereocenters. The highest BCUT2D eigenvalue weighted by molar-refractivity contribution is 6.06. The first-order valence-corrected chi connectivity index (χ1v) is 8.78. The van der Waals surface area contributed by atoms with E-state index in [1.54, 1.807) is 29.6 Å². The number of aromatic nitrogens is 3. The number of amides is 1. The van der Waals surface area contributed by atoms with E-state index in [9.17, 15) is 14.7 Å². The Balaban J connectivity index is 1.97. The second kappa shape index (κ2) is 5.95. The number of benzene rings is 1. The van der Waals surface area contributed by atoms with Crippen molar-refractivity contribution < 1.29 is 9.90 Å². The summed E-state index contributed by atoms with van der Waals surface area (Å²) in [6.45, 7) is 4.76. The lowest BCUT2D eigenvalue weighted by atomic mass is 9.98. The lowest BCUT2D eigenvalue weighted by molar-refractivity contribution is -0.134. The molecule has 1 aromatic carbocycles. The third kappa shape index (κ3) is 2.34. The first-order chi connectivity index (χ1) is 12.4. The van der Waals surface area contributed by atoms with Crippen LogP contribution in [0.4, 0.5) is 0 Å². The van der Waals surface area contributed by atoms with Gasteiger partial charge in [0.15, 0.2) is 0 Å². The molecule has 0 spiro atoms. The van der Waals surface area contributed by atoms with E-state index in [4.69, 9.17) is 0 Å². The Morgan fingerprint density at radius 1 is 1.31 bits per heavy atom. The van der Waals surface area contributed by atoms with Gasteiger partial charge in [-0.15, -0.1) is 0 Å². The Labute approximate surface area is 150 Å². The Morgan fingerprint density at radius 2 is 2.04 bits per heavy atom. The minimum Gasteiger partial charge on any atom is -0.396 e. The van der Waals surface area contributed by atoms with Crippen LogP contribution in [0.2, 0.25) is 0 Å². The van der Waals surface area contributed by atoms with Crippen LogP contribution >= 0.6 is 0 Å². The molecule has 2 aromatic heterocycles. The average Bonchev–Trinajstić information content (AvgIpc) is 2.95. The average molecular weight is 354 g/mol. The summed E-state index contributed by atoms with van der Waals surface area (Å²) in [4.78, 5) is 26.2. The van der Waals surface area contributed by atoms with Crippen LogP contribution in [-0.2, 0) is 18.3 Å². The second-order valence-corrected chi connectivity index (χ2v) is 7.09. The number of aliphatic hydroxyl groups is 1. The molecule has 7 nitrogen and oxygen atoms in total. The number of aliphatic hydroxyl groups excluding tert-OH is 1. The van der Waals surface area contributed by atoms with Gasteiger partial charge >= 0.3 is 0 Å². The van der Waals surface area contributed by atoms with Crippen molar-refractivity contribution in [3.63, 3.8) is 0 Å². The predicted molar refractivity (Wildman–Crippen MR) is 99.3 cm³/mol. The number of aryl methyl sites for hydroxylation is 2. The van der Waals surface area contributed by atoms with Gasteiger partial charge in [-0.3, -0.25) is 14.2 Å². The molecular formula is C19H22N4O3. The molecule has 3 heterocycles. The SMILES string of the molecule is CC(=O)N1CC(n2ncc3c4c(CCO)cc(C)cc4c(=O)n(C)c32)C1. The van der Waals surface area contributed by atoms with Gasteiger partial charge in [0, 0.05) is 49.8 Å². The van der Waals surface area contributed by atoms with Gasteiger partial charge in [0.05, 0.1) is 12.2 Å². The van der Waals surface area contributed by atoms with Gasteiger partial charge in [0.2, 0.25) is 5.91 Å². The molecule has 1 amide bonds. The fourth-order valence-corrected chi connectivity index (χ4v) is 3.94. The third-order valence-electron chi connectivity index (χ3n) is 5.29. The topological polar surface area (TPSA) is 80.4 Å². The highest BCUT2D eigenvalue weighted by atomic mass is 16.3. The van der Waals surface area contributed by atoms with Crippen molar-refractivity contribution in [2.75, 3.05) is 19.7 Å². The van der Waals surface area contributed by atoms with E-state index in [1.165, 1.54) is 0 Å². The van der Waals surface area contributed by atoms with Crippen LogP contribution in [0.1, 0.15) is 24.1 Å². The molecule has 0 aliphatic carbocycles. The van der Waals surface area contributed by atoms with Crippen LogP contribution in [0.5, 0.6) is 0 Å². The standard InChI is InChI=1S/C19H22N4O3/c1-11-6-13(4-5-24)17-15(7-11)19(26)21(3)18-16(17)8-20-23(18)14-9-22(10-14)12(2)25/h6-8,14,24H,4-5,9-10H2,1-3H3. The number of likely N-dealkylation sites (tertiary alicyclic amines) is 1. The normalized spacial score (nSPS) is 15.0. The minimum absolute atomic E-state index is 0.0274. The van der Waals surface area contributed by atoms with Crippen LogP contribution < -0.4 is 5.56 Å². The first-order valence-electron chi connectivity index (χ1n) is 8.78. The monoisotopic (exact) mass is 354 g/mol. The smallest absolute Gasteiger partial charge is 0.259 e. The maximum Gasteiger partial charge on any atom is 0.259 e. The second-order valence-electron chi connectivity index (χ2n) is 7.09. The lowest BCUT2D eigenvalue weighted by Gasteiger charge is -2.38. The van der Waals surface area contributed by atoms with Crippen LogP contribution in [-0.4, -0.2) is 50.0 Å². The lowest BCUT2D eigenvalue weighted by Crippen LogP contribution is -2.50. The van der Waals surface area contributed by atoms with Crippen molar-refractivity contribution in [3.05, 3.63) is 39.8 Å². The highest BCUT2D eigenvalue weighted by Crippen LogP contribution is 2.30. The summed E-state index contributed by atoms with van der Waals surface area (Å²) in [6.07, 6.45) is 2.29. The Morgan fingerprint density at radius 3 is 2.69 bits per heavy atom. The molecule has 1 aliphatic rings. The van der Waals surface area contributed by atoms with E-state index < -0.39 is 0 Å². The predicted octanol–water partition coefficient (Wildman–Crippen LogP) is 1.13. The van der Waals surface area contributed by atoms with Crippen molar-refractivity contribution in [3.8, 4) is 0 Å². The zero-order valence-electron chi connectivity index (χ0n) is 15.2. The molecule has 4 rings (SSSR count). The van der Waals surface area contributed by atoms with Gasteiger partial charge < -0.3 is 10.0 Å². The Bertz CT molecular complexity index is 1090. The molecule has 1 saturated heterocycles. The number of pyridine rings is 1. The van der Waals surface area contributed by atoms with Gasteiger partial charge in [0.25, 0.3) is 5.56 Å². The number of fused-ring (bicyclic) bond motifs is 3. The summed E-state index contributed by atoms with van der Waals surface area (Å²) in [5.41, 5.74) is 2.66. The zero-order chi connectivity index (χ0) is 18.6. The van der Waals surface area contributed by atoms with E-state index in [1.807, 2.05) is 23.7 Å². The fourth-order valence-electron chi connectivity index (χ4n) is 3.94. The number of carbonyl (C=O) groups excluding carboxylic acids is 1. The molecule has 0 radical (unpaired) electrons. The molecule has 1 aliphatic heterocycles. The molecule has 0 saturated carbocycles. The summed E-state index contributed by atoms with van der Waals surface area (Å²) in [6, 6.07) is 4.00. The largest absolute Gasteiger partial charge is 0.396 e. The third-order valence-corrected chi connectivity index (χ3v) is 5.29. The number of hydrogen-bond donors (Lipinski definition) is 1. The molecule has 3 aromatic rings. The highest BCUT2D eigenvalue weighted by Gasteiger charge is 2.32. The van der Waals surface area contributed by atoms with Crippen LogP contribution in [0.3, 0.4) is 0 Å². The van der Waals surface area contributed by atoms with Crippen molar-refractivity contribution in [1.29, 1.82) is 0 Å². The minimum atomic E-state index is -0.0695. The molecule has 1 fully saturated rings. The van der Waals surface area contributed by atoms with Gasteiger partial charge in [-0.25, -0.2) is 4.68 Å². The summed E-state index contributed by atoms with van der Waals surface area (Å²) >= 11 is 0. The quantitative estimate of drug-likeness (QED) is 0.765. The number of rotatable bonds is 3. The van der Waals surface area contributed by atoms with Crippen LogP contribution in [0, 0.1) is 6.92 Å². The maximum atomic E-state index is 13.0. The van der Waals surface area contributed by atoms with Crippen molar-refractivity contribution in [2.45, 2.75) is 26.3 Å². The van der Waals surface area contributed by atoms with Crippen LogP contribution in [0.15, 0.2) is 23.1 Å². The Kier molecular flexibility index (Phi) is 3.84.